The molecule has 1 rings (SSSR count). The van der Waals surface area contributed by atoms with Crippen LogP contribution in [-0.4, -0.2) is 40.7 Å². The molecule has 0 amide bonds. The Hall–Kier alpha value is -0.170. The summed E-state index contributed by atoms with van der Waals surface area (Å²) in [6.45, 7) is 1.22. The van der Waals surface area contributed by atoms with Crippen LogP contribution in [0.4, 0.5) is 0 Å². The maximum Gasteiger partial charge on any atom is 0.264 e. The molecule has 0 aromatic rings. The van der Waals surface area contributed by atoms with Crippen LogP contribution in [0.2, 0.25) is 0 Å². The molecule has 1 fully saturated rings. The van der Waals surface area contributed by atoms with Crippen molar-refractivity contribution in [3.05, 3.63) is 0 Å². The van der Waals surface area contributed by atoms with Gasteiger partial charge in [-0.3, -0.25) is 9.50 Å². The summed E-state index contributed by atoms with van der Waals surface area (Å²) in [5.41, 5.74) is 0. The second-order valence-electron chi connectivity index (χ2n) is 2.38. The summed E-state index contributed by atoms with van der Waals surface area (Å²) in [7, 11) is -3.32. The van der Waals surface area contributed by atoms with Gasteiger partial charge in [-0.2, -0.15) is 8.42 Å². The molecule has 0 radical (unpaired) electrons. The predicted octanol–water partition coefficient (Wildman–Crippen LogP) is -1.09. The Labute approximate surface area is 65.8 Å². The average molecular weight is 181 g/mol. The Kier molecular flexibility index (Phi) is 2.83. The van der Waals surface area contributed by atoms with Gasteiger partial charge >= 0.3 is 0 Å². The van der Waals surface area contributed by atoms with E-state index >= 15 is 0 Å². The maximum absolute atomic E-state index is 10.5. The van der Waals surface area contributed by atoms with E-state index in [0.717, 1.165) is 6.26 Å². The predicted molar refractivity (Wildman–Crippen MR) is 38.5 cm³/mol. The van der Waals surface area contributed by atoms with Crippen LogP contribution in [0, 0.1) is 0 Å². The zero-order chi connectivity index (χ0) is 8.32. The molecule has 1 aliphatic heterocycles. The molecule has 0 saturated carbocycles. The topological polar surface area (TPSA) is 64.6 Å². The van der Waals surface area contributed by atoms with E-state index < -0.39 is 10.1 Å². The van der Waals surface area contributed by atoms with Gasteiger partial charge < -0.3 is 4.74 Å². The summed E-state index contributed by atoms with van der Waals surface area (Å²) in [5.74, 6) is 0. The smallest absolute Gasteiger partial charge is 0.264 e. The summed E-state index contributed by atoms with van der Waals surface area (Å²) >= 11 is 0. The maximum atomic E-state index is 10.5. The Bertz CT molecular complexity index is 207. The molecule has 6 heteroatoms. The molecule has 1 atom stereocenters. The summed E-state index contributed by atoms with van der Waals surface area (Å²) in [4.78, 5) is 0. The van der Waals surface area contributed by atoms with Crippen LogP contribution in [0.1, 0.15) is 0 Å². The number of hydrogen-bond acceptors (Lipinski definition) is 5. The fourth-order valence-electron chi connectivity index (χ4n) is 0.762. The van der Waals surface area contributed by atoms with Crippen LogP contribution in [0.5, 0.6) is 0 Å². The highest BCUT2D eigenvalue weighted by Gasteiger charge is 2.16. The third kappa shape index (κ3) is 3.66. The monoisotopic (exact) mass is 181 g/mol. The minimum absolute atomic E-state index is 0.103. The Morgan fingerprint density at radius 3 is 2.91 bits per heavy atom. The second kappa shape index (κ2) is 3.48. The second-order valence-corrected chi connectivity index (χ2v) is 4.02. The highest BCUT2D eigenvalue weighted by atomic mass is 32.2. The van der Waals surface area contributed by atoms with Gasteiger partial charge in [-0.25, -0.2) is 0 Å². The lowest BCUT2D eigenvalue weighted by atomic mass is 10.4. The Balaban J connectivity index is 2.22. The van der Waals surface area contributed by atoms with Crippen LogP contribution in [-0.2, 0) is 19.0 Å². The normalized spacial score (nSPS) is 25.7. The first-order valence-electron chi connectivity index (χ1n) is 3.24. The minimum atomic E-state index is -3.32. The fourth-order valence-corrected chi connectivity index (χ4v) is 1.16. The van der Waals surface area contributed by atoms with E-state index in [1.807, 2.05) is 0 Å². The van der Waals surface area contributed by atoms with Crippen molar-refractivity contribution in [2.45, 2.75) is 6.10 Å². The molecule has 0 aromatic carbocycles. The van der Waals surface area contributed by atoms with Crippen LogP contribution in [0.25, 0.3) is 0 Å². The number of nitrogens with one attached hydrogen (secondary N) is 1. The van der Waals surface area contributed by atoms with Gasteiger partial charge in [0.05, 0.1) is 25.7 Å². The highest BCUT2D eigenvalue weighted by Crippen LogP contribution is 1.99. The van der Waals surface area contributed by atoms with E-state index in [9.17, 15) is 8.42 Å². The van der Waals surface area contributed by atoms with E-state index in [4.69, 9.17) is 4.74 Å². The van der Waals surface area contributed by atoms with E-state index in [1.165, 1.54) is 0 Å². The molecular formula is C5H11NO4S. The van der Waals surface area contributed by atoms with Crippen molar-refractivity contribution in [2.75, 3.05) is 26.1 Å². The van der Waals surface area contributed by atoms with Crippen LogP contribution >= 0.6 is 0 Å². The van der Waals surface area contributed by atoms with Gasteiger partial charge in [-0.15, -0.1) is 0 Å². The van der Waals surface area contributed by atoms with Crippen molar-refractivity contribution in [2.24, 2.45) is 0 Å². The molecular weight excluding hydrogens is 170 g/mol. The summed E-state index contributed by atoms with van der Waals surface area (Å²) in [6, 6.07) is 0. The van der Waals surface area contributed by atoms with Crippen molar-refractivity contribution in [3.8, 4) is 0 Å². The Morgan fingerprint density at radius 1 is 1.73 bits per heavy atom. The van der Waals surface area contributed by atoms with Crippen LogP contribution < -0.4 is 5.32 Å². The fraction of sp³-hybridized carbons (Fsp3) is 1.00. The minimum Gasteiger partial charge on any atom is -0.359 e. The lowest BCUT2D eigenvalue weighted by molar-refractivity contribution is 0.0741. The van der Waals surface area contributed by atoms with E-state index in [1.54, 1.807) is 0 Å². The molecule has 5 nitrogen and oxygen atoms in total. The summed E-state index contributed by atoms with van der Waals surface area (Å²) in [5, 5.41) is 2.91. The molecule has 11 heavy (non-hydrogen) atoms. The van der Waals surface area contributed by atoms with Gasteiger partial charge in [0.25, 0.3) is 10.1 Å². The first-order valence-corrected chi connectivity index (χ1v) is 5.06. The average Bonchev–Trinajstić information content (AvgIpc) is 2.32. The van der Waals surface area contributed by atoms with Crippen molar-refractivity contribution in [1.82, 2.24) is 5.32 Å². The molecule has 1 aliphatic rings. The zero-order valence-electron chi connectivity index (χ0n) is 6.24. The van der Waals surface area contributed by atoms with Crippen molar-refractivity contribution in [1.29, 1.82) is 0 Å². The summed E-state index contributed by atoms with van der Waals surface area (Å²) < 4.78 is 30.5. The molecule has 0 spiro atoms. The van der Waals surface area contributed by atoms with Gasteiger partial charge in [-0.05, 0) is 0 Å². The lowest BCUT2D eigenvalue weighted by Gasteiger charge is -2.06. The van der Waals surface area contributed by atoms with E-state index in [-0.39, 0.29) is 12.7 Å². The van der Waals surface area contributed by atoms with Crippen molar-refractivity contribution < 1.29 is 17.3 Å². The van der Waals surface area contributed by atoms with Crippen molar-refractivity contribution in [3.63, 3.8) is 0 Å². The van der Waals surface area contributed by atoms with Gasteiger partial charge in [0.15, 0.2) is 0 Å². The quantitative estimate of drug-likeness (QED) is 0.560. The number of ether oxygens (including phenoxy) is 1. The van der Waals surface area contributed by atoms with Gasteiger partial charge in [0, 0.05) is 6.54 Å². The standard InChI is InChI=1S/C5H11NO4S/c1-11(7,8)10-3-5-2-6-4-9-5/h5-6H,2-4H2,1H3. The largest absolute Gasteiger partial charge is 0.359 e. The SMILES string of the molecule is CS(=O)(=O)OCC1CNCO1. The van der Waals surface area contributed by atoms with Crippen LogP contribution in [0.15, 0.2) is 0 Å². The third-order valence-corrected chi connectivity index (χ3v) is 1.83. The number of rotatable bonds is 3. The lowest BCUT2D eigenvalue weighted by Crippen LogP contribution is -2.22. The Morgan fingerprint density at radius 2 is 2.45 bits per heavy atom. The van der Waals surface area contributed by atoms with E-state index in [0.29, 0.717) is 13.3 Å². The van der Waals surface area contributed by atoms with Crippen LogP contribution in [0.3, 0.4) is 0 Å². The molecule has 1 unspecified atom stereocenters. The van der Waals surface area contributed by atoms with Gasteiger partial charge in [-0.1, -0.05) is 0 Å². The van der Waals surface area contributed by atoms with Gasteiger partial charge in [0.1, 0.15) is 0 Å². The zero-order valence-corrected chi connectivity index (χ0v) is 7.06. The molecule has 1 N–H and O–H groups in total. The molecule has 1 saturated heterocycles. The molecule has 0 bridgehead atoms. The molecule has 1 heterocycles. The summed E-state index contributed by atoms with van der Waals surface area (Å²) in [6.07, 6.45) is 0.889. The van der Waals surface area contributed by atoms with E-state index in [2.05, 4.69) is 9.50 Å². The van der Waals surface area contributed by atoms with Gasteiger partial charge in [0.2, 0.25) is 0 Å². The van der Waals surface area contributed by atoms with Crippen molar-refractivity contribution >= 4 is 10.1 Å². The molecule has 66 valence electrons. The third-order valence-electron chi connectivity index (χ3n) is 1.26. The first kappa shape index (κ1) is 8.92. The molecule has 0 aromatic heterocycles. The first-order chi connectivity index (χ1) is 5.08. The number of hydrogen-bond donors (Lipinski definition) is 1. The highest BCUT2D eigenvalue weighted by molar-refractivity contribution is 7.85. The molecule has 0 aliphatic carbocycles.